The van der Waals surface area contributed by atoms with Crippen LogP contribution in [0, 0.1) is 5.82 Å². The van der Waals surface area contributed by atoms with Crippen LogP contribution in [0.15, 0.2) is 36.4 Å². The number of benzene rings is 2. The van der Waals surface area contributed by atoms with Crippen LogP contribution in [-0.4, -0.2) is 7.05 Å². The molecule has 0 aliphatic carbocycles. The normalized spacial score (nSPS) is 10.7. The van der Waals surface area contributed by atoms with Gasteiger partial charge in [0.25, 0.3) is 0 Å². The first kappa shape index (κ1) is 13.3. The first-order valence-electron chi connectivity index (χ1n) is 5.50. The Labute approximate surface area is 116 Å². The summed E-state index contributed by atoms with van der Waals surface area (Å²) in [6, 6.07) is 10.0. The highest BCUT2D eigenvalue weighted by Gasteiger charge is 2.07. The zero-order valence-corrected chi connectivity index (χ0v) is 11.3. The smallest absolute Gasteiger partial charge is 0.124 e. The number of hydrogen-bond acceptors (Lipinski definition) is 1. The van der Waals surface area contributed by atoms with E-state index in [-0.39, 0.29) is 5.82 Å². The molecule has 0 unspecified atom stereocenters. The molecule has 0 aliphatic rings. The third kappa shape index (κ3) is 2.83. The quantitative estimate of drug-likeness (QED) is 0.873. The second kappa shape index (κ2) is 5.70. The molecule has 2 aromatic carbocycles. The Morgan fingerprint density at radius 2 is 1.83 bits per heavy atom. The topological polar surface area (TPSA) is 12.0 Å². The van der Waals surface area contributed by atoms with Gasteiger partial charge in [-0.2, -0.15) is 0 Å². The van der Waals surface area contributed by atoms with Crippen LogP contribution >= 0.6 is 23.2 Å². The van der Waals surface area contributed by atoms with E-state index in [0.29, 0.717) is 16.6 Å². The maximum absolute atomic E-state index is 13.0. The van der Waals surface area contributed by atoms with E-state index in [9.17, 15) is 4.39 Å². The molecule has 0 saturated heterocycles. The van der Waals surface area contributed by atoms with Gasteiger partial charge < -0.3 is 5.32 Å². The Hall–Kier alpha value is -1.09. The minimum Gasteiger partial charge on any atom is -0.316 e. The van der Waals surface area contributed by atoms with Gasteiger partial charge >= 0.3 is 0 Å². The third-order valence-corrected chi connectivity index (χ3v) is 3.33. The molecule has 0 bridgehead atoms. The highest BCUT2D eigenvalue weighted by Crippen LogP contribution is 2.31. The average Bonchev–Trinajstić information content (AvgIpc) is 2.32. The van der Waals surface area contributed by atoms with Crippen molar-refractivity contribution in [1.29, 1.82) is 0 Å². The van der Waals surface area contributed by atoms with E-state index >= 15 is 0 Å². The Morgan fingerprint density at radius 1 is 1.06 bits per heavy atom. The van der Waals surface area contributed by atoms with Crippen molar-refractivity contribution >= 4 is 23.2 Å². The highest BCUT2D eigenvalue weighted by atomic mass is 35.5. The van der Waals surface area contributed by atoms with Gasteiger partial charge in [0.15, 0.2) is 0 Å². The van der Waals surface area contributed by atoms with Crippen LogP contribution < -0.4 is 5.32 Å². The van der Waals surface area contributed by atoms with Crippen molar-refractivity contribution in [3.8, 4) is 11.1 Å². The number of halogens is 3. The largest absolute Gasteiger partial charge is 0.316 e. The number of rotatable bonds is 3. The SMILES string of the molecule is CNCc1ccc(-c2ccc(F)cc2Cl)cc1Cl. The molecule has 1 N–H and O–H groups in total. The molecule has 0 radical (unpaired) electrons. The van der Waals surface area contributed by atoms with Gasteiger partial charge in [-0.05, 0) is 42.4 Å². The summed E-state index contributed by atoms with van der Waals surface area (Å²) in [5, 5.41) is 4.09. The molecule has 1 nitrogen and oxygen atoms in total. The lowest BCUT2D eigenvalue weighted by molar-refractivity contribution is 0.628. The van der Waals surface area contributed by atoms with Gasteiger partial charge in [-0.1, -0.05) is 35.3 Å². The predicted molar refractivity (Wildman–Crippen MR) is 74.6 cm³/mol. The van der Waals surface area contributed by atoms with Crippen LogP contribution in [0.5, 0.6) is 0 Å². The van der Waals surface area contributed by atoms with E-state index in [1.54, 1.807) is 6.07 Å². The summed E-state index contributed by atoms with van der Waals surface area (Å²) in [6.45, 7) is 0.705. The number of hydrogen-bond donors (Lipinski definition) is 1. The first-order valence-corrected chi connectivity index (χ1v) is 6.26. The molecule has 2 aromatic rings. The van der Waals surface area contributed by atoms with E-state index in [0.717, 1.165) is 16.7 Å². The molecule has 0 saturated carbocycles. The molecule has 0 aromatic heterocycles. The average molecular weight is 284 g/mol. The first-order chi connectivity index (χ1) is 8.61. The van der Waals surface area contributed by atoms with E-state index in [4.69, 9.17) is 23.2 Å². The second-order valence-corrected chi connectivity index (χ2v) is 4.78. The summed E-state index contributed by atoms with van der Waals surface area (Å²) < 4.78 is 13.0. The summed E-state index contributed by atoms with van der Waals surface area (Å²) in [4.78, 5) is 0. The molecule has 0 amide bonds. The lowest BCUT2D eigenvalue weighted by atomic mass is 10.0. The zero-order chi connectivity index (χ0) is 13.1. The fourth-order valence-electron chi connectivity index (χ4n) is 1.77. The summed E-state index contributed by atoms with van der Waals surface area (Å²) in [7, 11) is 1.86. The monoisotopic (exact) mass is 283 g/mol. The molecule has 0 atom stereocenters. The lowest BCUT2D eigenvalue weighted by Crippen LogP contribution is -2.05. The van der Waals surface area contributed by atoms with Gasteiger partial charge in [0.05, 0.1) is 5.02 Å². The van der Waals surface area contributed by atoms with E-state index < -0.39 is 0 Å². The summed E-state index contributed by atoms with van der Waals surface area (Å²) in [5.41, 5.74) is 2.67. The van der Waals surface area contributed by atoms with Crippen LogP contribution in [0.3, 0.4) is 0 Å². The van der Waals surface area contributed by atoms with Crippen LogP contribution in [0.2, 0.25) is 10.0 Å². The summed E-state index contributed by atoms with van der Waals surface area (Å²) in [6.07, 6.45) is 0. The zero-order valence-electron chi connectivity index (χ0n) is 9.81. The molecule has 0 aliphatic heterocycles. The van der Waals surface area contributed by atoms with E-state index in [1.807, 2.05) is 25.2 Å². The molecule has 18 heavy (non-hydrogen) atoms. The Morgan fingerprint density at radius 3 is 2.44 bits per heavy atom. The number of nitrogens with one attached hydrogen (secondary N) is 1. The minimum absolute atomic E-state index is 0.346. The predicted octanol–water partition coefficient (Wildman–Crippen LogP) is 4.52. The van der Waals surface area contributed by atoms with Gasteiger partial charge in [-0.25, -0.2) is 4.39 Å². The highest BCUT2D eigenvalue weighted by molar-refractivity contribution is 6.34. The van der Waals surface area contributed by atoms with Crippen molar-refractivity contribution in [3.05, 3.63) is 57.8 Å². The van der Waals surface area contributed by atoms with Crippen molar-refractivity contribution in [2.75, 3.05) is 7.05 Å². The third-order valence-electron chi connectivity index (χ3n) is 2.66. The van der Waals surface area contributed by atoms with Gasteiger partial charge in [0, 0.05) is 17.1 Å². The van der Waals surface area contributed by atoms with Gasteiger partial charge in [0.2, 0.25) is 0 Å². The fourth-order valence-corrected chi connectivity index (χ4v) is 2.30. The van der Waals surface area contributed by atoms with Crippen LogP contribution in [-0.2, 0) is 6.54 Å². The molecule has 0 heterocycles. The second-order valence-electron chi connectivity index (χ2n) is 3.96. The maximum Gasteiger partial charge on any atom is 0.124 e. The summed E-state index contributed by atoms with van der Waals surface area (Å²) >= 11 is 12.2. The van der Waals surface area contributed by atoms with Crippen molar-refractivity contribution in [3.63, 3.8) is 0 Å². The van der Waals surface area contributed by atoms with Gasteiger partial charge in [-0.3, -0.25) is 0 Å². The molecular weight excluding hydrogens is 272 g/mol. The van der Waals surface area contributed by atoms with Crippen molar-refractivity contribution in [2.45, 2.75) is 6.54 Å². The Bertz CT molecular complexity index is 570. The maximum atomic E-state index is 13.0. The standard InChI is InChI=1S/C14H12Cl2FN/c1-18-8-10-3-2-9(6-13(10)15)12-5-4-11(17)7-14(12)16/h2-7,18H,8H2,1H3. The Kier molecular flexibility index (Phi) is 4.23. The van der Waals surface area contributed by atoms with E-state index in [1.165, 1.54) is 12.1 Å². The molecule has 0 fully saturated rings. The fraction of sp³-hybridized carbons (Fsp3) is 0.143. The van der Waals surface area contributed by atoms with E-state index in [2.05, 4.69) is 5.32 Å². The molecule has 0 spiro atoms. The molecule has 4 heteroatoms. The van der Waals surface area contributed by atoms with Crippen LogP contribution in [0.4, 0.5) is 4.39 Å². The minimum atomic E-state index is -0.346. The van der Waals surface area contributed by atoms with Gasteiger partial charge in [-0.15, -0.1) is 0 Å². The van der Waals surface area contributed by atoms with Crippen molar-refractivity contribution in [2.24, 2.45) is 0 Å². The summed E-state index contributed by atoms with van der Waals surface area (Å²) in [5.74, 6) is -0.346. The molecular formula is C14H12Cl2FN. The van der Waals surface area contributed by atoms with Crippen LogP contribution in [0.1, 0.15) is 5.56 Å². The van der Waals surface area contributed by atoms with Crippen LogP contribution in [0.25, 0.3) is 11.1 Å². The molecule has 94 valence electrons. The van der Waals surface area contributed by atoms with Gasteiger partial charge in [0.1, 0.15) is 5.82 Å². The Balaban J connectivity index is 2.42. The van der Waals surface area contributed by atoms with Crippen molar-refractivity contribution < 1.29 is 4.39 Å². The van der Waals surface area contributed by atoms with Crippen molar-refractivity contribution in [1.82, 2.24) is 5.32 Å². The lowest BCUT2D eigenvalue weighted by Gasteiger charge is -2.08. The molecule has 2 rings (SSSR count).